The van der Waals surface area contributed by atoms with Crippen LogP contribution in [0.25, 0.3) is 0 Å². The smallest absolute Gasteiger partial charge is 0.200 e. The molecule has 2 nitrogen and oxygen atoms in total. The summed E-state index contributed by atoms with van der Waals surface area (Å²) in [6, 6.07) is 0. The van der Waals surface area contributed by atoms with Gasteiger partial charge in [0.1, 0.15) is 5.76 Å². The second-order valence-electron chi connectivity index (χ2n) is 8.99. The predicted molar refractivity (Wildman–Crippen MR) is 145 cm³/mol. The van der Waals surface area contributed by atoms with E-state index in [1.54, 1.807) is 26.8 Å². The lowest BCUT2D eigenvalue weighted by molar-refractivity contribution is 0.0668. The number of halogens is 4. The maximum atomic E-state index is 14.8. The summed E-state index contributed by atoms with van der Waals surface area (Å²) in [7, 11) is 1.19. The van der Waals surface area contributed by atoms with E-state index in [0.717, 1.165) is 0 Å². The van der Waals surface area contributed by atoms with Crippen molar-refractivity contribution in [1.29, 1.82) is 0 Å². The van der Waals surface area contributed by atoms with Crippen LogP contribution in [0.4, 0.5) is 17.6 Å². The van der Waals surface area contributed by atoms with Crippen molar-refractivity contribution in [1.82, 2.24) is 0 Å². The largest absolute Gasteiger partial charge is 0.494 e. The highest BCUT2D eigenvalue weighted by Crippen LogP contribution is 2.35. The van der Waals surface area contributed by atoms with Gasteiger partial charge in [0.15, 0.2) is 23.3 Å². The van der Waals surface area contributed by atoms with Crippen molar-refractivity contribution < 1.29 is 27.0 Å². The molecule has 0 aliphatic rings. The van der Waals surface area contributed by atoms with E-state index in [2.05, 4.69) is 37.6 Å². The minimum atomic E-state index is -1.20. The molecule has 0 heterocycles. The molecule has 0 N–H and O–H groups in total. The average Bonchev–Trinajstić information content (AvgIpc) is 2.86. The van der Waals surface area contributed by atoms with Gasteiger partial charge in [-0.05, 0) is 80.9 Å². The van der Waals surface area contributed by atoms with Gasteiger partial charge in [0.2, 0.25) is 0 Å². The van der Waals surface area contributed by atoms with Crippen LogP contribution in [0.5, 0.6) is 0 Å². The number of hydrogen-bond donors (Lipinski definition) is 0. The van der Waals surface area contributed by atoms with Crippen LogP contribution in [0.15, 0.2) is 84.8 Å². The summed E-state index contributed by atoms with van der Waals surface area (Å²) < 4.78 is 67.7. The first-order valence-corrected chi connectivity index (χ1v) is 12.3. The first-order valence-electron chi connectivity index (χ1n) is 12.3. The molecule has 0 aromatic rings. The molecule has 0 spiro atoms. The molecule has 0 aliphatic carbocycles. The zero-order chi connectivity index (χ0) is 28.6. The molecule has 36 heavy (non-hydrogen) atoms. The Balaban J connectivity index is 0. The third-order valence-corrected chi connectivity index (χ3v) is 6.00. The molecule has 206 valence electrons. The molecule has 0 saturated carbocycles. The fraction of sp³-hybridized carbons (Fsp3) is 0.533. The summed E-state index contributed by atoms with van der Waals surface area (Å²) in [6.07, 6.45) is 3.88. The van der Waals surface area contributed by atoms with Gasteiger partial charge in [0.25, 0.3) is 0 Å². The third-order valence-electron chi connectivity index (χ3n) is 6.00. The third kappa shape index (κ3) is 12.6. The van der Waals surface area contributed by atoms with Crippen molar-refractivity contribution in [2.45, 2.75) is 73.3 Å². The van der Waals surface area contributed by atoms with Crippen molar-refractivity contribution in [3.63, 3.8) is 0 Å². The molecule has 0 aromatic heterocycles. The summed E-state index contributed by atoms with van der Waals surface area (Å²) in [5.74, 6) is -5.86. The second kappa shape index (κ2) is 18.9. The van der Waals surface area contributed by atoms with Crippen LogP contribution in [0, 0.1) is 17.8 Å². The molecular formula is C30H46F4O2. The molecule has 6 heteroatoms. The van der Waals surface area contributed by atoms with E-state index in [1.165, 1.54) is 7.11 Å². The summed E-state index contributed by atoms with van der Waals surface area (Å²) in [6.45, 7) is 29.2. The van der Waals surface area contributed by atoms with Crippen LogP contribution in [0.3, 0.4) is 0 Å². The van der Waals surface area contributed by atoms with Gasteiger partial charge in [-0.2, -0.15) is 4.39 Å². The second-order valence-corrected chi connectivity index (χ2v) is 8.99. The van der Waals surface area contributed by atoms with Gasteiger partial charge in [-0.25, -0.2) is 13.2 Å². The van der Waals surface area contributed by atoms with E-state index in [4.69, 9.17) is 4.74 Å². The van der Waals surface area contributed by atoms with Gasteiger partial charge >= 0.3 is 0 Å². The van der Waals surface area contributed by atoms with Crippen LogP contribution in [0.2, 0.25) is 0 Å². The SMILES string of the molecule is C=C(OC)/C(F)=C(/F)C(=C)C(C)CCC(C)C(=C)/C(F)=C(/F)C(=C)C(C)CCC(C)OCC.C=CC. The topological polar surface area (TPSA) is 18.5 Å². The predicted octanol–water partition coefficient (Wildman–Crippen LogP) is 10.2. The molecule has 0 aliphatic heterocycles. The van der Waals surface area contributed by atoms with E-state index in [1.807, 2.05) is 20.8 Å². The molecule has 0 fully saturated rings. The molecule has 4 atom stereocenters. The first kappa shape index (κ1) is 35.8. The van der Waals surface area contributed by atoms with Crippen molar-refractivity contribution in [2.75, 3.05) is 13.7 Å². The summed E-state index contributed by atoms with van der Waals surface area (Å²) >= 11 is 0. The van der Waals surface area contributed by atoms with Gasteiger partial charge in [0.05, 0.1) is 13.2 Å². The Bertz CT molecular complexity index is 823. The van der Waals surface area contributed by atoms with E-state index in [-0.39, 0.29) is 28.7 Å². The minimum Gasteiger partial charge on any atom is -0.494 e. The summed E-state index contributed by atoms with van der Waals surface area (Å²) in [5.41, 5.74) is 0.0536. The van der Waals surface area contributed by atoms with Crippen molar-refractivity contribution in [2.24, 2.45) is 17.8 Å². The van der Waals surface area contributed by atoms with Crippen LogP contribution in [-0.2, 0) is 9.47 Å². The van der Waals surface area contributed by atoms with Gasteiger partial charge in [0, 0.05) is 6.61 Å². The van der Waals surface area contributed by atoms with Crippen LogP contribution in [0.1, 0.15) is 67.2 Å². The average molecular weight is 515 g/mol. The lowest BCUT2D eigenvalue weighted by atomic mass is 9.87. The molecule has 0 radical (unpaired) electrons. The summed E-state index contributed by atoms with van der Waals surface area (Å²) in [5, 5.41) is 0. The summed E-state index contributed by atoms with van der Waals surface area (Å²) in [4.78, 5) is 0. The molecule has 0 bridgehead atoms. The molecule has 0 saturated heterocycles. The Morgan fingerprint density at radius 2 is 1.00 bits per heavy atom. The van der Waals surface area contributed by atoms with E-state index in [9.17, 15) is 17.6 Å². The quantitative estimate of drug-likeness (QED) is 0.0883. The zero-order valence-electron chi connectivity index (χ0n) is 23.3. The van der Waals surface area contributed by atoms with Gasteiger partial charge in [-0.3, -0.25) is 0 Å². The lowest BCUT2D eigenvalue weighted by Crippen LogP contribution is -2.11. The Morgan fingerprint density at radius 3 is 1.31 bits per heavy atom. The zero-order valence-corrected chi connectivity index (χ0v) is 23.3. The highest BCUT2D eigenvalue weighted by Gasteiger charge is 2.23. The van der Waals surface area contributed by atoms with Crippen molar-refractivity contribution in [3.8, 4) is 0 Å². The number of hydrogen-bond acceptors (Lipinski definition) is 2. The maximum absolute atomic E-state index is 14.8. The number of rotatable bonds is 16. The van der Waals surface area contributed by atoms with Gasteiger partial charge in [-0.1, -0.05) is 53.2 Å². The normalized spacial score (nSPS) is 15.6. The monoisotopic (exact) mass is 514 g/mol. The molecule has 4 unspecified atom stereocenters. The van der Waals surface area contributed by atoms with Crippen LogP contribution in [-0.4, -0.2) is 19.8 Å². The molecule has 0 aromatic carbocycles. The maximum Gasteiger partial charge on any atom is 0.200 e. The lowest BCUT2D eigenvalue weighted by Gasteiger charge is -2.20. The standard InChI is InChI=1S/C27H40F4O2.C3H6/c1-11-33-19(5)15-14-18(4)21(7)25(29)24(28)20(6)16(2)12-13-17(3)22(8)26(30)27(31)23(9)32-10;1-3-2/h16-19H,6-9,11-15H2,1-5,10H3;3H,1H2,2H3/b25-24-,27-26-;. The minimum absolute atomic E-state index is 0.0105. The highest BCUT2D eigenvalue weighted by molar-refractivity contribution is 5.37. The van der Waals surface area contributed by atoms with Gasteiger partial charge < -0.3 is 9.47 Å². The van der Waals surface area contributed by atoms with Crippen LogP contribution >= 0.6 is 0 Å². The fourth-order valence-corrected chi connectivity index (χ4v) is 3.16. The van der Waals surface area contributed by atoms with Gasteiger partial charge in [-0.15, -0.1) is 6.58 Å². The highest BCUT2D eigenvalue weighted by atomic mass is 19.2. The van der Waals surface area contributed by atoms with E-state index in [0.29, 0.717) is 32.3 Å². The Kier molecular flexibility index (Phi) is 18.8. The first-order chi connectivity index (χ1) is 16.7. The molecule has 0 rings (SSSR count). The number of ether oxygens (including phenoxy) is 2. The van der Waals surface area contributed by atoms with Crippen molar-refractivity contribution >= 4 is 0 Å². The number of allylic oxidation sites excluding steroid dienone is 8. The Hall–Kier alpha value is -2.34. The Labute approximate surface area is 216 Å². The Morgan fingerprint density at radius 1 is 0.694 bits per heavy atom. The van der Waals surface area contributed by atoms with Crippen molar-refractivity contribution in [3.05, 3.63) is 84.8 Å². The fourth-order valence-electron chi connectivity index (χ4n) is 3.16. The molecular weight excluding hydrogens is 468 g/mol. The van der Waals surface area contributed by atoms with E-state index >= 15 is 0 Å². The van der Waals surface area contributed by atoms with Crippen LogP contribution < -0.4 is 0 Å². The molecule has 0 amide bonds. The van der Waals surface area contributed by atoms with E-state index < -0.39 is 40.9 Å². The number of methoxy groups -OCH3 is 1.